The van der Waals surface area contributed by atoms with E-state index in [0.29, 0.717) is 18.6 Å². The van der Waals surface area contributed by atoms with Crippen molar-refractivity contribution in [3.63, 3.8) is 0 Å². The van der Waals surface area contributed by atoms with E-state index in [1.54, 1.807) is 0 Å². The van der Waals surface area contributed by atoms with Crippen molar-refractivity contribution < 1.29 is 14.6 Å². The monoisotopic (exact) mass is 289 g/mol. The molecule has 21 heavy (non-hydrogen) atoms. The fraction of sp³-hybridized carbons (Fsp3) is 0.588. The van der Waals surface area contributed by atoms with Gasteiger partial charge in [-0.2, -0.15) is 0 Å². The smallest absolute Gasteiger partial charge is 0.306 e. The molecule has 1 N–H and O–H groups in total. The zero-order valence-corrected chi connectivity index (χ0v) is 12.5. The van der Waals surface area contributed by atoms with Gasteiger partial charge in [-0.15, -0.1) is 0 Å². The van der Waals surface area contributed by atoms with Crippen LogP contribution in [0.5, 0.6) is 0 Å². The SMILES string of the molecule is CC1CCC(N2CCOC(CC(=O)O)C2)c2ccccc21. The van der Waals surface area contributed by atoms with E-state index in [9.17, 15) is 4.79 Å². The van der Waals surface area contributed by atoms with E-state index in [1.165, 1.54) is 17.5 Å². The van der Waals surface area contributed by atoms with Gasteiger partial charge >= 0.3 is 5.97 Å². The van der Waals surface area contributed by atoms with Crippen LogP contribution in [0.25, 0.3) is 0 Å². The zero-order chi connectivity index (χ0) is 14.8. The van der Waals surface area contributed by atoms with Crippen molar-refractivity contribution in [2.24, 2.45) is 0 Å². The summed E-state index contributed by atoms with van der Waals surface area (Å²) in [5, 5.41) is 8.96. The molecule has 0 spiro atoms. The minimum absolute atomic E-state index is 0.0985. The largest absolute Gasteiger partial charge is 0.481 e. The number of nitrogens with zero attached hydrogens (tertiary/aromatic N) is 1. The van der Waals surface area contributed by atoms with Crippen LogP contribution in [0.3, 0.4) is 0 Å². The molecule has 1 aromatic carbocycles. The minimum atomic E-state index is -0.778. The van der Waals surface area contributed by atoms with Crippen LogP contribution in [0.15, 0.2) is 24.3 Å². The summed E-state index contributed by atoms with van der Waals surface area (Å²) in [7, 11) is 0. The van der Waals surface area contributed by atoms with Gasteiger partial charge in [0.25, 0.3) is 0 Å². The van der Waals surface area contributed by atoms with Crippen molar-refractivity contribution in [3.05, 3.63) is 35.4 Å². The van der Waals surface area contributed by atoms with Gasteiger partial charge in [0.2, 0.25) is 0 Å². The molecule has 0 amide bonds. The fourth-order valence-electron chi connectivity index (χ4n) is 3.70. The molecule has 1 heterocycles. The van der Waals surface area contributed by atoms with Crippen LogP contribution in [0.2, 0.25) is 0 Å². The molecule has 0 radical (unpaired) electrons. The van der Waals surface area contributed by atoms with Gasteiger partial charge in [-0.3, -0.25) is 9.69 Å². The van der Waals surface area contributed by atoms with Crippen molar-refractivity contribution >= 4 is 5.97 Å². The Morgan fingerprint density at radius 2 is 2.10 bits per heavy atom. The van der Waals surface area contributed by atoms with Crippen molar-refractivity contribution in [2.75, 3.05) is 19.7 Å². The Hall–Kier alpha value is -1.39. The van der Waals surface area contributed by atoms with Gasteiger partial charge in [0, 0.05) is 19.1 Å². The summed E-state index contributed by atoms with van der Waals surface area (Å²) in [6.45, 7) is 4.54. The van der Waals surface area contributed by atoms with E-state index in [0.717, 1.165) is 19.5 Å². The number of carboxylic acid groups (broad SMARTS) is 1. The minimum Gasteiger partial charge on any atom is -0.481 e. The second-order valence-electron chi connectivity index (χ2n) is 6.21. The molecule has 1 saturated heterocycles. The summed E-state index contributed by atoms with van der Waals surface area (Å²) in [4.78, 5) is 13.3. The van der Waals surface area contributed by atoms with Crippen LogP contribution in [-0.4, -0.2) is 41.8 Å². The molecule has 0 aromatic heterocycles. The third-order valence-electron chi connectivity index (χ3n) is 4.77. The van der Waals surface area contributed by atoms with Gasteiger partial charge in [0.05, 0.1) is 19.1 Å². The fourth-order valence-corrected chi connectivity index (χ4v) is 3.70. The molecule has 0 bridgehead atoms. The first kappa shape index (κ1) is 14.5. The molecule has 0 saturated carbocycles. The van der Waals surface area contributed by atoms with Crippen LogP contribution in [-0.2, 0) is 9.53 Å². The van der Waals surface area contributed by atoms with E-state index in [2.05, 4.69) is 36.1 Å². The maximum atomic E-state index is 10.9. The summed E-state index contributed by atoms with van der Waals surface area (Å²) >= 11 is 0. The number of aliphatic carboxylic acids is 1. The lowest BCUT2D eigenvalue weighted by atomic mass is 9.80. The van der Waals surface area contributed by atoms with E-state index >= 15 is 0 Å². The zero-order valence-electron chi connectivity index (χ0n) is 12.5. The summed E-state index contributed by atoms with van der Waals surface area (Å²) < 4.78 is 5.60. The number of carboxylic acids is 1. The number of hydrogen-bond donors (Lipinski definition) is 1. The molecule has 4 nitrogen and oxygen atoms in total. The van der Waals surface area contributed by atoms with Gasteiger partial charge in [-0.25, -0.2) is 0 Å². The lowest BCUT2D eigenvalue weighted by Gasteiger charge is -2.41. The van der Waals surface area contributed by atoms with Crippen molar-refractivity contribution in [1.29, 1.82) is 0 Å². The Balaban J connectivity index is 1.78. The number of rotatable bonds is 3. The number of benzene rings is 1. The standard InChI is InChI=1S/C17H23NO3/c1-12-6-7-16(15-5-3-2-4-14(12)15)18-8-9-21-13(11-18)10-17(19)20/h2-5,12-13,16H,6-11H2,1H3,(H,19,20). The Bertz CT molecular complexity index is 517. The van der Waals surface area contributed by atoms with Gasteiger partial charge < -0.3 is 9.84 Å². The number of morpholine rings is 1. The molecular weight excluding hydrogens is 266 g/mol. The van der Waals surface area contributed by atoms with Gasteiger partial charge in [-0.1, -0.05) is 31.2 Å². The molecule has 1 aromatic rings. The molecule has 1 aliphatic heterocycles. The van der Waals surface area contributed by atoms with E-state index < -0.39 is 5.97 Å². The van der Waals surface area contributed by atoms with E-state index in [4.69, 9.17) is 9.84 Å². The van der Waals surface area contributed by atoms with Crippen LogP contribution in [0.1, 0.15) is 49.3 Å². The maximum absolute atomic E-state index is 10.9. The highest BCUT2D eigenvalue weighted by atomic mass is 16.5. The summed E-state index contributed by atoms with van der Waals surface area (Å²) in [6, 6.07) is 9.11. The quantitative estimate of drug-likeness (QED) is 0.929. The molecule has 3 rings (SSSR count). The van der Waals surface area contributed by atoms with Crippen molar-refractivity contribution in [3.8, 4) is 0 Å². The van der Waals surface area contributed by atoms with Gasteiger partial charge in [0.15, 0.2) is 0 Å². The summed E-state index contributed by atoms with van der Waals surface area (Å²) in [5.41, 5.74) is 2.88. The Morgan fingerprint density at radius 1 is 1.33 bits per heavy atom. The highest BCUT2D eigenvalue weighted by molar-refractivity contribution is 5.67. The second-order valence-corrected chi connectivity index (χ2v) is 6.21. The lowest BCUT2D eigenvalue weighted by Crippen LogP contribution is -2.45. The maximum Gasteiger partial charge on any atom is 0.306 e. The van der Waals surface area contributed by atoms with Crippen LogP contribution in [0.4, 0.5) is 0 Å². The topological polar surface area (TPSA) is 49.8 Å². The highest BCUT2D eigenvalue weighted by Crippen LogP contribution is 2.40. The van der Waals surface area contributed by atoms with Gasteiger partial charge in [0.1, 0.15) is 0 Å². The normalized spacial score (nSPS) is 29.9. The second kappa shape index (κ2) is 6.16. The molecule has 3 unspecified atom stereocenters. The van der Waals surface area contributed by atoms with Crippen LogP contribution >= 0.6 is 0 Å². The Kier molecular flexibility index (Phi) is 4.27. The van der Waals surface area contributed by atoms with Crippen molar-refractivity contribution in [1.82, 2.24) is 4.90 Å². The van der Waals surface area contributed by atoms with Gasteiger partial charge in [-0.05, 0) is 29.9 Å². The molecule has 2 aliphatic rings. The molecule has 1 aliphatic carbocycles. The number of fused-ring (bicyclic) bond motifs is 1. The lowest BCUT2D eigenvalue weighted by molar-refractivity contribution is -0.142. The molecule has 3 atom stereocenters. The Morgan fingerprint density at radius 3 is 2.86 bits per heavy atom. The molecular formula is C17H23NO3. The molecule has 4 heteroatoms. The molecule has 114 valence electrons. The van der Waals surface area contributed by atoms with Crippen molar-refractivity contribution in [2.45, 2.75) is 44.2 Å². The van der Waals surface area contributed by atoms with Crippen LogP contribution < -0.4 is 0 Å². The average Bonchev–Trinajstić information content (AvgIpc) is 2.47. The summed E-state index contributed by atoms with van der Waals surface area (Å²) in [5.74, 6) is -0.159. The summed E-state index contributed by atoms with van der Waals surface area (Å²) in [6.07, 6.45) is 2.27. The molecule has 1 fully saturated rings. The van der Waals surface area contributed by atoms with Crippen LogP contribution in [0, 0.1) is 0 Å². The first-order valence-corrected chi connectivity index (χ1v) is 7.81. The Labute approximate surface area is 125 Å². The van der Waals surface area contributed by atoms with E-state index in [-0.39, 0.29) is 12.5 Å². The average molecular weight is 289 g/mol. The predicted molar refractivity (Wildman–Crippen MR) is 80.4 cm³/mol. The first-order valence-electron chi connectivity index (χ1n) is 7.81. The third-order valence-corrected chi connectivity index (χ3v) is 4.77. The number of ether oxygens (including phenoxy) is 1. The number of carbonyl (C=O) groups is 1. The first-order chi connectivity index (χ1) is 10.1. The predicted octanol–water partition coefficient (Wildman–Crippen LogP) is 2.80. The third kappa shape index (κ3) is 3.11. The van der Waals surface area contributed by atoms with E-state index in [1.807, 2.05) is 0 Å². The number of hydrogen-bond acceptors (Lipinski definition) is 3. The highest BCUT2D eigenvalue weighted by Gasteiger charge is 2.32.